The van der Waals surface area contributed by atoms with Gasteiger partial charge in [-0.05, 0) is 31.2 Å². The van der Waals surface area contributed by atoms with E-state index in [1.807, 2.05) is 0 Å². The lowest BCUT2D eigenvalue weighted by molar-refractivity contribution is -0.139. The molecule has 1 fully saturated rings. The molecule has 0 bridgehead atoms. The van der Waals surface area contributed by atoms with Crippen molar-refractivity contribution in [3.63, 3.8) is 0 Å². The van der Waals surface area contributed by atoms with Gasteiger partial charge in [0.05, 0.1) is 12.3 Å². The maximum absolute atomic E-state index is 12.7. The summed E-state index contributed by atoms with van der Waals surface area (Å²) in [7, 11) is 0. The standard InChI is InChI=1S/C20H18N2O6/c1-2-27-16-10-6-7-13(18(16)28-12-17(23)24)11-15-19(25)21-22(20(15)26)14-8-4-3-5-9-14/h3-11H,2,12H2,1H3,(H,21,25)(H,23,24)/b15-11+. The molecule has 0 spiro atoms. The Morgan fingerprint density at radius 3 is 2.54 bits per heavy atom. The van der Waals surface area contributed by atoms with Gasteiger partial charge in [-0.25, -0.2) is 9.80 Å². The highest BCUT2D eigenvalue weighted by Gasteiger charge is 2.34. The molecule has 1 aliphatic heterocycles. The van der Waals surface area contributed by atoms with Crippen LogP contribution in [0, 0.1) is 0 Å². The van der Waals surface area contributed by atoms with Crippen molar-refractivity contribution in [1.29, 1.82) is 0 Å². The number of carbonyl (C=O) groups excluding carboxylic acids is 2. The second-order valence-electron chi connectivity index (χ2n) is 5.76. The summed E-state index contributed by atoms with van der Waals surface area (Å²) in [6, 6.07) is 13.6. The summed E-state index contributed by atoms with van der Waals surface area (Å²) in [4.78, 5) is 36.0. The Morgan fingerprint density at radius 2 is 1.86 bits per heavy atom. The maximum Gasteiger partial charge on any atom is 0.341 e. The number of rotatable bonds is 7. The van der Waals surface area contributed by atoms with Crippen LogP contribution in [0.15, 0.2) is 54.1 Å². The van der Waals surface area contributed by atoms with Crippen LogP contribution in [0.25, 0.3) is 6.08 Å². The zero-order valence-electron chi connectivity index (χ0n) is 15.0. The van der Waals surface area contributed by atoms with Crippen LogP contribution in [0.2, 0.25) is 0 Å². The van der Waals surface area contributed by atoms with Crippen molar-refractivity contribution in [2.24, 2.45) is 0 Å². The smallest absolute Gasteiger partial charge is 0.341 e. The fourth-order valence-corrected chi connectivity index (χ4v) is 2.68. The van der Waals surface area contributed by atoms with Gasteiger partial charge in [0, 0.05) is 5.56 Å². The van der Waals surface area contributed by atoms with Gasteiger partial charge in [-0.1, -0.05) is 30.3 Å². The van der Waals surface area contributed by atoms with E-state index < -0.39 is 24.4 Å². The van der Waals surface area contributed by atoms with Gasteiger partial charge in [0.15, 0.2) is 18.1 Å². The molecule has 2 amide bonds. The molecule has 144 valence electrons. The number of nitrogens with zero attached hydrogens (tertiary/aromatic N) is 1. The summed E-state index contributed by atoms with van der Waals surface area (Å²) in [6.45, 7) is 1.53. The van der Waals surface area contributed by atoms with Crippen molar-refractivity contribution in [3.8, 4) is 11.5 Å². The molecule has 8 nitrogen and oxygen atoms in total. The van der Waals surface area contributed by atoms with Crippen LogP contribution in [-0.2, 0) is 14.4 Å². The third-order valence-corrected chi connectivity index (χ3v) is 3.85. The first-order valence-electron chi connectivity index (χ1n) is 8.54. The van der Waals surface area contributed by atoms with Gasteiger partial charge in [-0.2, -0.15) is 0 Å². The predicted octanol–water partition coefficient (Wildman–Crippen LogP) is 2.01. The van der Waals surface area contributed by atoms with Gasteiger partial charge >= 0.3 is 5.97 Å². The number of hydrogen-bond acceptors (Lipinski definition) is 5. The van der Waals surface area contributed by atoms with Crippen molar-refractivity contribution < 1.29 is 29.0 Å². The molecule has 0 unspecified atom stereocenters. The number of ether oxygens (including phenoxy) is 2. The highest BCUT2D eigenvalue weighted by molar-refractivity contribution is 6.31. The summed E-state index contributed by atoms with van der Waals surface area (Å²) >= 11 is 0. The van der Waals surface area contributed by atoms with Crippen LogP contribution in [0.3, 0.4) is 0 Å². The monoisotopic (exact) mass is 382 g/mol. The minimum atomic E-state index is -1.16. The molecule has 2 aromatic rings. The molecule has 1 heterocycles. The van der Waals surface area contributed by atoms with Crippen LogP contribution >= 0.6 is 0 Å². The topological polar surface area (TPSA) is 105 Å². The summed E-state index contributed by atoms with van der Waals surface area (Å²) in [5, 5.41) is 10.1. The number of benzene rings is 2. The largest absolute Gasteiger partial charge is 0.490 e. The fraction of sp³-hybridized carbons (Fsp3) is 0.150. The predicted molar refractivity (Wildman–Crippen MR) is 101 cm³/mol. The number of aliphatic carboxylic acids is 1. The van der Waals surface area contributed by atoms with Gasteiger partial charge in [0.1, 0.15) is 5.57 Å². The zero-order valence-corrected chi connectivity index (χ0v) is 15.0. The molecule has 2 aromatic carbocycles. The van der Waals surface area contributed by atoms with Crippen LogP contribution in [-0.4, -0.2) is 36.1 Å². The van der Waals surface area contributed by atoms with E-state index in [1.165, 1.54) is 6.08 Å². The summed E-state index contributed by atoms with van der Waals surface area (Å²) in [5.74, 6) is -1.78. The number of para-hydroxylation sites is 2. The Labute approximate surface area is 160 Å². The summed E-state index contributed by atoms with van der Waals surface area (Å²) < 4.78 is 10.8. The quantitative estimate of drug-likeness (QED) is 0.561. The first kappa shape index (κ1) is 19.0. The number of carboxylic acids is 1. The number of amides is 2. The van der Waals surface area contributed by atoms with Gasteiger partial charge < -0.3 is 14.6 Å². The molecule has 0 atom stereocenters. The highest BCUT2D eigenvalue weighted by Crippen LogP contribution is 2.34. The molecule has 2 N–H and O–H groups in total. The van der Waals surface area contributed by atoms with Gasteiger partial charge in [0.25, 0.3) is 11.8 Å². The van der Waals surface area contributed by atoms with E-state index in [0.29, 0.717) is 23.6 Å². The molecule has 1 saturated heterocycles. The average molecular weight is 382 g/mol. The number of hydrazine groups is 1. The number of carbonyl (C=O) groups is 3. The van der Waals surface area contributed by atoms with E-state index in [-0.39, 0.29) is 11.3 Å². The molecular weight excluding hydrogens is 364 g/mol. The van der Waals surface area contributed by atoms with E-state index in [0.717, 1.165) is 5.01 Å². The molecule has 1 aliphatic rings. The van der Waals surface area contributed by atoms with Crippen molar-refractivity contribution >= 4 is 29.5 Å². The second kappa shape index (κ2) is 8.26. The zero-order chi connectivity index (χ0) is 20.1. The first-order chi connectivity index (χ1) is 13.5. The van der Waals surface area contributed by atoms with Crippen molar-refractivity contribution in [1.82, 2.24) is 5.43 Å². The maximum atomic E-state index is 12.7. The van der Waals surface area contributed by atoms with E-state index in [9.17, 15) is 14.4 Å². The lowest BCUT2D eigenvalue weighted by Crippen LogP contribution is -2.35. The van der Waals surface area contributed by atoms with Crippen molar-refractivity contribution in [2.75, 3.05) is 18.2 Å². The van der Waals surface area contributed by atoms with Crippen LogP contribution in [0.1, 0.15) is 12.5 Å². The number of carboxylic acid groups (broad SMARTS) is 1. The lowest BCUT2D eigenvalue weighted by Gasteiger charge is -2.14. The van der Waals surface area contributed by atoms with E-state index in [4.69, 9.17) is 14.6 Å². The Hall–Kier alpha value is -3.81. The van der Waals surface area contributed by atoms with Crippen molar-refractivity contribution in [2.45, 2.75) is 6.92 Å². The third kappa shape index (κ3) is 3.96. The number of anilines is 1. The van der Waals surface area contributed by atoms with E-state index in [2.05, 4.69) is 5.43 Å². The molecule has 0 saturated carbocycles. The number of nitrogens with one attached hydrogen (secondary N) is 1. The molecule has 28 heavy (non-hydrogen) atoms. The molecule has 0 aromatic heterocycles. The van der Waals surface area contributed by atoms with Gasteiger partial charge in [0.2, 0.25) is 0 Å². The average Bonchev–Trinajstić information content (AvgIpc) is 2.96. The Balaban J connectivity index is 1.98. The fourth-order valence-electron chi connectivity index (χ4n) is 2.68. The molecule has 8 heteroatoms. The molecule has 0 radical (unpaired) electrons. The van der Waals surface area contributed by atoms with Crippen LogP contribution in [0.4, 0.5) is 5.69 Å². The summed E-state index contributed by atoms with van der Waals surface area (Å²) in [5.41, 5.74) is 3.30. The normalized spacial score (nSPS) is 14.9. The highest BCUT2D eigenvalue weighted by atomic mass is 16.5. The Kier molecular flexibility index (Phi) is 5.59. The Bertz CT molecular complexity index is 939. The number of hydrogen-bond donors (Lipinski definition) is 2. The molecule has 0 aliphatic carbocycles. The molecular formula is C20H18N2O6. The third-order valence-electron chi connectivity index (χ3n) is 3.85. The van der Waals surface area contributed by atoms with Crippen molar-refractivity contribution in [3.05, 3.63) is 59.7 Å². The summed E-state index contributed by atoms with van der Waals surface area (Å²) in [6.07, 6.45) is 1.36. The minimum Gasteiger partial charge on any atom is -0.490 e. The van der Waals surface area contributed by atoms with E-state index in [1.54, 1.807) is 55.5 Å². The van der Waals surface area contributed by atoms with Gasteiger partial charge in [-0.3, -0.25) is 15.0 Å². The second-order valence-corrected chi connectivity index (χ2v) is 5.76. The molecule has 3 rings (SSSR count). The lowest BCUT2D eigenvalue weighted by atomic mass is 10.1. The van der Waals surface area contributed by atoms with Crippen LogP contribution < -0.4 is 19.9 Å². The van der Waals surface area contributed by atoms with Crippen LogP contribution in [0.5, 0.6) is 11.5 Å². The van der Waals surface area contributed by atoms with Gasteiger partial charge in [-0.15, -0.1) is 0 Å². The first-order valence-corrected chi connectivity index (χ1v) is 8.54. The SMILES string of the molecule is CCOc1cccc(/C=C2\C(=O)NN(c3ccccc3)C2=O)c1OCC(=O)O. The minimum absolute atomic E-state index is 0.0994. The Morgan fingerprint density at radius 1 is 1.11 bits per heavy atom. The van der Waals surface area contributed by atoms with E-state index >= 15 is 0 Å².